The topological polar surface area (TPSA) is 55.1 Å². The molecule has 3 N–H and O–H groups in total. The lowest BCUT2D eigenvalue weighted by Crippen LogP contribution is -2.14. The fourth-order valence-corrected chi connectivity index (χ4v) is 1.77. The summed E-state index contributed by atoms with van der Waals surface area (Å²) in [4.78, 5) is 11.9. The van der Waals surface area contributed by atoms with Crippen molar-refractivity contribution < 1.29 is 18.0 Å². The summed E-state index contributed by atoms with van der Waals surface area (Å²) in [5.41, 5.74) is 5.48. The first-order valence-electron chi connectivity index (χ1n) is 5.39. The predicted molar refractivity (Wildman–Crippen MR) is 72.8 cm³/mol. The number of hydrogen-bond acceptors (Lipinski definition) is 2. The fourth-order valence-electron chi connectivity index (χ4n) is 1.53. The number of nitrogen functional groups attached to an aromatic ring is 1. The molecule has 0 radical (unpaired) electrons. The molecule has 0 unspecified atom stereocenters. The van der Waals surface area contributed by atoms with E-state index in [-0.39, 0.29) is 5.56 Å². The van der Waals surface area contributed by atoms with Crippen LogP contribution < -0.4 is 11.1 Å². The average molecular weight is 345 g/mol. The van der Waals surface area contributed by atoms with Gasteiger partial charge in [0.1, 0.15) is 5.82 Å². The Kier molecular flexibility index (Phi) is 3.99. The van der Waals surface area contributed by atoms with E-state index in [2.05, 4.69) is 21.2 Å². The zero-order chi connectivity index (χ0) is 14.9. The number of anilines is 2. The van der Waals surface area contributed by atoms with Gasteiger partial charge in [0, 0.05) is 27.9 Å². The lowest BCUT2D eigenvalue weighted by Gasteiger charge is -2.08. The normalized spacial score (nSPS) is 10.4. The standard InChI is InChI=1S/C13H8BrF3N2O/c14-8-2-1-6(3-10(8)18)13(20)19-11-5-7(15)4-9(16)12(11)17/h1-5H,18H2,(H,19,20). The number of hydrogen-bond donors (Lipinski definition) is 2. The first kappa shape index (κ1) is 14.4. The van der Waals surface area contributed by atoms with Gasteiger partial charge in [-0.25, -0.2) is 13.2 Å². The molecule has 0 aromatic heterocycles. The molecule has 2 rings (SSSR count). The van der Waals surface area contributed by atoms with Gasteiger partial charge >= 0.3 is 0 Å². The van der Waals surface area contributed by atoms with Crippen LogP contribution in [0.25, 0.3) is 0 Å². The summed E-state index contributed by atoms with van der Waals surface area (Å²) in [7, 11) is 0. The molecule has 0 heterocycles. The summed E-state index contributed by atoms with van der Waals surface area (Å²) in [5, 5.41) is 2.09. The maximum absolute atomic E-state index is 13.4. The van der Waals surface area contributed by atoms with Crippen LogP contribution in [0, 0.1) is 17.5 Å². The van der Waals surface area contributed by atoms with E-state index in [9.17, 15) is 18.0 Å². The van der Waals surface area contributed by atoms with Crippen LogP contribution in [0.3, 0.4) is 0 Å². The van der Waals surface area contributed by atoms with Gasteiger partial charge < -0.3 is 11.1 Å². The maximum Gasteiger partial charge on any atom is 0.255 e. The number of rotatable bonds is 2. The monoisotopic (exact) mass is 344 g/mol. The second kappa shape index (κ2) is 5.54. The van der Waals surface area contributed by atoms with Crippen molar-refractivity contribution in [1.29, 1.82) is 0 Å². The Labute approximate surface area is 120 Å². The molecular formula is C13H8BrF3N2O. The number of carbonyl (C=O) groups excluding carboxylic acids is 1. The SMILES string of the molecule is Nc1cc(C(=O)Nc2cc(F)cc(F)c2F)ccc1Br. The highest BCUT2D eigenvalue weighted by molar-refractivity contribution is 9.10. The molecular weight excluding hydrogens is 337 g/mol. The first-order chi connectivity index (χ1) is 9.38. The molecule has 2 aromatic carbocycles. The lowest BCUT2D eigenvalue weighted by atomic mass is 10.2. The molecule has 0 saturated carbocycles. The minimum Gasteiger partial charge on any atom is -0.398 e. The fraction of sp³-hybridized carbons (Fsp3) is 0. The van der Waals surface area contributed by atoms with Gasteiger partial charge in [-0.05, 0) is 34.1 Å². The first-order valence-corrected chi connectivity index (χ1v) is 6.18. The molecule has 104 valence electrons. The number of carbonyl (C=O) groups is 1. The third-order valence-corrected chi connectivity index (χ3v) is 3.22. The number of nitrogens with one attached hydrogen (secondary N) is 1. The maximum atomic E-state index is 13.4. The quantitative estimate of drug-likeness (QED) is 0.644. The van der Waals surface area contributed by atoms with Crippen LogP contribution >= 0.6 is 15.9 Å². The smallest absolute Gasteiger partial charge is 0.255 e. The number of benzene rings is 2. The second-order valence-corrected chi connectivity index (χ2v) is 4.79. The minimum atomic E-state index is -1.38. The highest BCUT2D eigenvalue weighted by atomic mass is 79.9. The summed E-state index contributed by atoms with van der Waals surface area (Å²) >= 11 is 3.16. The van der Waals surface area contributed by atoms with Crippen molar-refractivity contribution >= 4 is 33.2 Å². The molecule has 3 nitrogen and oxygen atoms in total. The van der Waals surface area contributed by atoms with Crippen molar-refractivity contribution in [2.24, 2.45) is 0 Å². The Morgan fingerprint density at radius 2 is 1.85 bits per heavy atom. The highest BCUT2D eigenvalue weighted by Crippen LogP contribution is 2.23. The van der Waals surface area contributed by atoms with Gasteiger partial charge in [0.25, 0.3) is 5.91 Å². The molecule has 1 amide bonds. The Morgan fingerprint density at radius 3 is 2.50 bits per heavy atom. The van der Waals surface area contributed by atoms with Gasteiger partial charge in [0.15, 0.2) is 11.6 Å². The van der Waals surface area contributed by atoms with E-state index in [1.54, 1.807) is 0 Å². The minimum absolute atomic E-state index is 0.134. The van der Waals surface area contributed by atoms with Crippen LogP contribution in [0.1, 0.15) is 10.4 Å². The molecule has 20 heavy (non-hydrogen) atoms. The van der Waals surface area contributed by atoms with Crippen molar-refractivity contribution in [3.8, 4) is 0 Å². The third-order valence-electron chi connectivity index (χ3n) is 2.50. The Bertz CT molecular complexity index is 692. The Balaban J connectivity index is 2.30. The van der Waals surface area contributed by atoms with Crippen molar-refractivity contribution in [2.45, 2.75) is 0 Å². The van der Waals surface area contributed by atoms with E-state index in [4.69, 9.17) is 5.73 Å². The summed E-state index contributed by atoms with van der Waals surface area (Å²) < 4.78 is 40.0. The average Bonchev–Trinajstić information content (AvgIpc) is 2.38. The zero-order valence-electron chi connectivity index (χ0n) is 9.88. The Morgan fingerprint density at radius 1 is 1.15 bits per heavy atom. The summed E-state index contributed by atoms with van der Waals surface area (Å²) in [6.07, 6.45) is 0. The van der Waals surface area contributed by atoms with Gasteiger partial charge in [-0.1, -0.05) is 0 Å². The van der Waals surface area contributed by atoms with Crippen LogP contribution in [0.15, 0.2) is 34.8 Å². The van der Waals surface area contributed by atoms with Gasteiger partial charge in [-0.2, -0.15) is 0 Å². The van der Waals surface area contributed by atoms with E-state index < -0.39 is 29.0 Å². The van der Waals surface area contributed by atoms with Gasteiger partial charge in [0.05, 0.1) is 5.69 Å². The number of halogens is 4. The van der Waals surface area contributed by atoms with E-state index in [1.165, 1.54) is 18.2 Å². The third kappa shape index (κ3) is 2.93. The van der Waals surface area contributed by atoms with Crippen molar-refractivity contribution in [3.63, 3.8) is 0 Å². The van der Waals surface area contributed by atoms with Gasteiger partial charge in [-0.3, -0.25) is 4.79 Å². The van der Waals surface area contributed by atoms with E-state index in [0.29, 0.717) is 22.3 Å². The molecule has 7 heteroatoms. The van der Waals surface area contributed by atoms with Crippen molar-refractivity contribution in [3.05, 3.63) is 57.8 Å². The largest absolute Gasteiger partial charge is 0.398 e. The van der Waals surface area contributed by atoms with Crippen LogP contribution in [-0.4, -0.2) is 5.91 Å². The number of nitrogens with two attached hydrogens (primary N) is 1. The van der Waals surface area contributed by atoms with Gasteiger partial charge in [0.2, 0.25) is 0 Å². The van der Waals surface area contributed by atoms with E-state index >= 15 is 0 Å². The zero-order valence-corrected chi connectivity index (χ0v) is 11.5. The molecule has 0 atom stereocenters. The summed E-state index contributed by atoms with van der Waals surface area (Å²) in [6.45, 7) is 0. The predicted octanol–water partition coefficient (Wildman–Crippen LogP) is 3.70. The lowest BCUT2D eigenvalue weighted by molar-refractivity contribution is 0.102. The van der Waals surface area contributed by atoms with Crippen LogP contribution in [-0.2, 0) is 0 Å². The van der Waals surface area contributed by atoms with Gasteiger partial charge in [-0.15, -0.1) is 0 Å². The molecule has 0 aliphatic rings. The molecule has 0 bridgehead atoms. The highest BCUT2D eigenvalue weighted by Gasteiger charge is 2.15. The van der Waals surface area contributed by atoms with Crippen LogP contribution in [0.5, 0.6) is 0 Å². The van der Waals surface area contributed by atoms with E-state index in [0.717, 1.165) is 0 Å². The molecule has 0 saturated heterocycles. The van der Waals surface area contributed by atoms with Crippen molar-refractivity contribution in [2.75, 3.05) is 11.1 Å². The van der Waals surface area contributed by atoms with Crippen molar-refractivity contribution in [1.82, 2.24) is 0 Å². The molecule has 0 fully saturated rings. The summed E-state index contributed by atoms with van der Waals surface area (Å²) in [5.74, 6) is -4.43. The van der Waals surface area contributed by atoms with Crippen LogP contribution in [0.2, 0.25) is 0 Å². The number of amides is 1. The van der Waals surface area contributed by atoms with E-state index in [1.807, 2.05) is 0 Å². The molecule has 2 aromatic rings. The molecule has 0 spiro atoms. The second-order valence-electron chi connectivity index (χ2n) is 3.94. The molecule has 0 aliphatic carbocycles. The molecule has 0 aliphatic heterocycles. The van der Waals surface area contributed by atoms with Crippen LogP contribution in [0.4, 0.5) is 24.5 Å². The Hall–Kier alpha value is -2.02. The summed E-state index contributed by atoms with van der Waals surface area (Å²) in [6, 6.07) is 5.41.